The van der Waals surface area contributed by atoms with Crippen molar-refractivity contribution >= 4 is 23.0 Å². The van der Waals surface area contributed by atoms with E-state index in [0.717, 1.165) is 16.8 Å². The first-order valence-corrected chi connectivity index (χ1v) is 9.35. The summed E-state index contributed by atoms with van der Waals surface area (Å²) in [6, 6.07) is 24.6. The minimum Gasteiger partial charge on any atom is -0.264 e. The summed E-state index contributed by atoms with van der Waals surface area (Å²) in [5.41, 5.74) is 5.70. The molecule has 2 aromatic heterocycles. The SMILES string of the molecule is N#CC(=Cc1cccnc1)c1nc(-c2ccc(-c3ccccc3)cc2)cs1. The van der Waals surface area contributed by atoms with E-state index in [2.05, 4.69) is 52.4 Å². The fourth-order valence-electron chi connectivity index (χ4n) is 2.76. The molecule has 0 aliphatic heterocycles. The molecule has 0 aliphatic carbocycles. The minimum atomic E-state index is 0.542. The zero-order valence-corrected chi connectivity index (χ0v) is 15.2. The quantitative estimate of drug-likeness (QED) is 0.421. The first-order chi connectivity index (χ1) is 13.3. The van der Waals surface area contributed by atoms with Crippen molar-refractivity contribution < 1.29 is 0 Å². The average molecular weight is 365 g/mol. The number of nitriles is 1. The summed E-state index contributed by atoms with van der Waals surface area (Å²) >= 11 is 1.47. The normalized spacial score (nSPS) is 11.1. The Kier molecular flexibility index (Phi) is 4.86. The van der Waals surface area contributed by atoms with Crippen LogP contribution in [0, 0.1) is 11.3 Å². The van der Waals surface area contributed by atoms with E-state index in [9.17, 15) is 5.26 Å². The van der Waals surface area contributed by atoms with Crippen LogP contribution in [0.4, 0.5) is 0 Å². The highest BCUT2D eigenvalue weighted by molar-refractivity contribution is 7.11. The molecule has 4 heteroatoms. The van der Waals surface area contributed by atoms with Crippen molar-refractivity contribution in [1.82, 2.24) is 9.97 Å². The smallest absolute Gasteiger partial charge is 0.134 e. The number of rotatable bonds is 4. The van der Waals surface area contributed by atoms with Gasteiger partial charge in [0.05, 0.1) is 11.3 Å². The second kappa shape index (κ2) is 7.77. The molecule has 0 spiro atoms. The molecule has 0 radical (unpaired) electrons. The van der Waals surface area contributed by atoms with Crippen LogP contribution in [0.5, 0.6) is 0 Å². The highest BCUT2D eigenvalue weighted by Gasteiger charge is 2.09. The van der Waals surface area contributed by atoms with Gasteiger partial charge in [0.1, 0.15) is 11.1 Å². The summed E-state index contributed by atoms with van der Waals surface area (Å²) in [6.07, 6.45) is 5.26. The molecule has 4 aromatic rings. The Labute approximate surface area is 161 Å². The van der Waals surface area contributed by atoms with E-state index in [0.29, 0.717) is 10.6 Å². The first-order valence-electron chi connectivity index (χ1n) is 8.47. The molecule has 2 heterocycles. The van der Waals surface area contributed by atoms with E-state index in [1.807, 2.05) is 41.8 Å². The Morgan fingerprint density at radius 2 is 1.63 bits per heavy atom. The maximum Gasteiger partial charge on any atom is 0.134 e. The van der Waals surface area contributed by atoms with Crippen LogP contribution in [0.25, 0.3) is 34.0 Å². The van der Waals surface area contributed by atoms with E-state index >= 15 is 0 Å². The predicted octanol–water partition coefficient (Wildman–Crippen LogP) is 5.94. The van der Waals surface area contributed by atoms with Gasteiger partial charge >= 0.3 is 0 Å². The van der Waals surface area contributed by atoms with Crippen molar-refractivity contribution in [2.75, 3.05) is 0 Å². The molecule has 128 valence electrons. The maximum absolute atomic E-state index is 9.51. The van der Waals surface area contributed by atoms with Crippen molar-refractivity contribution in [3.8, 4) is 28.5 Å². The van der Waals surface area contributed by atoms with E-state index in [4.69, 9.17) is 0 Å². The zero-order valence-electron chi connectivity index (χ0n) is 14.4. The van der Waals surface area contributed by atoms with Gasteiger partial charge in [-0.05, 0) is 28.8 Å². The number of pyridine rings is 1. The zero-order chi connectivity index (χ0) is 18.5. The van der Waals surface area contributed by atoms with Gasteiger partial charge in [0.15, 0.2) is 0 Å². The molecule has 0 saturated carbocycles. The number of aromatic nitrogens is 2. The highest BCUT2D eigenvalue weighted by atomic mass is 32.1. The van der Waals surface area contributed by atoms with Crippen molar-refractivity contribution in [2.45, 2.75) is 0 Å². The van der Waals surface area contributed by atoms with Gasteiger partial charge < -0.3 is 0 Å². The maximum atomic E-state index is 9.51. The minimum absolute atomic E-state index is 0.542. The van der Waals surface area contributed by atoms with Gasteiger partial charge in [0, 0.05) is 23.3 Å². The van der Waals surface area contributed by atoms with Crippen LogP contribution in [-0.4, -0.2) is 9.97 Å². The Hall–Kier alpha value is -3.55. The van der Waals surface area contributed by atoms with Gasteiger partial charge in [-0.15, -0.1) is 11.3 Å². The van der Waals surface area contributed by atoms with Crippen LogP contribution in [0.1, 0.15) is 10.6 Å². The molecule has 3 nitrogen and oxygen atoms in total. The van der Waals surface area contributed by atoms with Crippen LogP contribution >= 0.6 is 11.3 Å². The molecule has 27 heavy (non-hydrogen) atoms. The Morgan fingerprint density at radius 1 is 0.889 bits per heavy atom. The highest BCUT2D eigenvalue weighted by Crippen LogP contribution is 2.29. The van der Waals surface area contributed by atoms with Gasteiger partial charge in [-0.3, -0.25) is 4.98 Å². The molecule has 0 saturated heterocycles. The molecule has 0 fully saturated rings. The van der Waals surface area contributed by atoms with Gasteiger partial charge in [-0.1, -0.05) is 60.7 Å². The third-order valence-electron chi connectivity index (χ3n) is 4.14. The fourth-order valence-corrected chi connectivity index (χ4v) is 3.56. The number of allylic oxidation sites excluding steroid dienone is 1. The standard InChI is InChI=1S/C23H15N3S/c24-14-21(13-17-5-4-12-25-15-17)23-26-22(16-27-23)20-10-8-19(9-11-20)18-6-2-1-3-7-18/h1-13,15-16H. The molecule has 0 amide bonds. The molecule has 0 N–H and O–H groups in total. The van der Waals surface area contributed by atoms with Crippen molar-refractivity contribution in [1.29, 1.82) is 5.26 Å². The van der Waals surface area contributed by atoms with Gasteiger partial charge in [-0.2, -0.15) is 5.26 Å². The van der Waals surface area contributed by atoms with Crippen LogP contribution < -0.4 is 0 Å². The van der Waals surface area contributed by atoms with Gasteiger partial charge in [0.25, 0.3) is 0 Å². The Bertz CT molecular complexity index is 1110. The third kappa shape index (κ3) is 3.84. The summed E-state index contributed by atoms with van der Waals surface area (Å²) < 4.78 is 0. The second-order valence-electron chi connectivity index (χ2n) is 5.94. The number of thiazole rings is 1. The lowest BCUT2D eigenvalue weighted by Gasteiger charge is -2.02. The topological polar surface area (TPSA) is 49.6 Å². The van der Waals surface area contributed by atoms with Crippen LogP contribution in [0.3, 0.4) is 0 Å². The lowest BCUT2D eigenvalue weighted by atomic mass is 10.0. The monoisotopic (exact) mass is 365 g/mol. The predicted molar refractivity (Wildman–Crippen MR) is 111 cm³/mol. The van der Waals surface area contributed by atoms with Crippen LogP contribution in [0.2, 0.25) is 0 Å². The summed E-state index contributed by atoms with van der Waals surface area (Å²) in [6.45, 7) is 0. The number of hydrogen-bond acceptors (Lipinski definition) is 4. The largest absolute Gasteiger partial charge is 0.264 e. The molecule has 4 rings (SSSR count). The van der Waals surface area contributed by atoms with E-state index in [-0.39, 0.29) is 0 Å². The number of nitrogens with zero attached hydrogens (tertiary/aromatic N) is 3. The lowest BCUT2D eigenvalue weighted by Crippen LogP contribution is -1.84. The number of benzene rings is 2. The average Bonchev–Trinajstić information content (AvgIpc) is 3.23. The molecular weight excluding hydrogens is 350 g/mol. The van der Waals surface area contributed by atoms with Crippen molar-refractivity contribution in [2.24, 2.45) is 0 Å². The lowest BCUT2D eigenvalue weighted by molar-refractivity contribution is 1.32. The molecule has 0 aliphatic rings. The molecule has 0 unspecified atom stereocenters. The second-order valence-corrected chi connectivity index (χ2v) is 6.80. The molecule has 2 aromatic carbocycles. The van der Waals surface area contributed by atoms with Crippen LogP contribution in [-0.2, 0) is 0 Å². The summed E-state index contributed by atoms with van der Waals surface area (Å²) in [7, 11) is 0. The first kappa shape index (κ1) is 16.9. The number of hydrogen-bond donors (Lipinski definition) is 0. The van der Waals surface area contributed by atoms with E-state index in [1.165, 1.54) is 22.5 Å². The Morgan fingerprint density at radius 3 is 2.33 bits per heavy atom. The van der Waals surface area contributed by atoms with E-state index < -0.39 is 0 Å². The molecule has 0 bridgehead atoms. The van der Waals surface area contributed by atoms with Gasteiger partial charge in [-0.25, -0.2) is 4.98 Å². The third-order valence-corrected chi connectivity index (χ3v) is 5.01. The van der Waals surface area contributed by atoms with Gasteiger partial charge in [0.2, 0.25) is 0 Å². The van der Waals surface area contributed by atoms with Crippen LogP contribution in [0.15, 0.2) is 84.5 Å². The molecular formula is C23H15N3S. The van der Waals surface area contributed by atoms with Crippen molar-refractivity contribution in [3.05, 3.63) is 95.1 Å². The molecule has 0 atom stereocenters. The summed E-state index contributed by atoms with van der Waals surface area (Å²) in [5, 5.41) is 12.2. The van der Waals surface area contributed by atoms with Crippen molar-refractivity contribution in [3.63, 3.8) is 0 Å². The van der Waals surface area contributed by atoms with E-state index in [1.54, 1.807) is 12.4 Å². The summed E-state index contributed by atoms with van der Waals surface area (Å²) in [4.78, 5) is 8.74. The Balaban J connectivity index is 1.61. The fraction of sp³-hybridized carbons (Fsp3) is 0. The summed E-state index contributed by atoms with van der Waals surface area (Å²) in [5.74, 6) is 0.